The maximum atomic E-state index is 6.39. The van der Waals surface area contributed by atoms with Crippen molar-refractivity contribution >= 4 is 22.6 Å². The van der Waals surface area contributed by atoms with E-state index < -0.39 is 0 Å². The molecule has 1 saturated heterocycles. The molecule has 3 rings (SSSR count). The normalized spacial score (nSPS) is 19.6. The van der Waals surface area contributed by atoms with Gasteiger partial charge in [-0.1, -0.05) is 0 Å². The Morgan fingerprint density at radius 2 is 2.10 bits per heavy atom. The van der Waals surface area contributed by atoms with Crippen molar-refractivity contribution in [2.24, 2.45) is 0 Å². The first-order valence-electron chi connectivity index (χ1n) is 7.34. The van der Waals surface area contributed by atoms with E-state index in [1.165, 1.54) is 0 Å². The van der Waals surface area contributed by atoms with Crippen molar-refractivity contribution in [3.63, 3.8) is 0 Å². The zero-order chi connectivity index (χ0) is 15.0. The molecule has 0 N–H and O–H groups in total. The number of methoxy groups -OCH3 is 1. The van der Waals surface area contributed by atoms with E-state index in [4.69, 9.17) is 26.1 Å². The van der Waals surface area contributed by atoms with Gasteiger partial charge in [0.15, 0.2) is 0 Å². The van der Waals surface area contributed by atoms with Crippen LogP contribution in [0.15, 0.2) is 18.2 Å². The van der Waals surface area contributed by atoms with E-state index in [2.05, 4.69) is 11.5 Å². The van der Waals surface area contributed by atoms with Gasteiger partial charge in [-0.05, 0) is 38.8 Å². The molecular formula is C16H21ClN2O2. The summed E-state index contributed by atoms with van der Waals surface area (Å²) in [5, 5.41) is -0.136. The van der Waals surface area contributed by atoms with E-state index in [1.54, 1.807) is 7.11 Å². The smallest absolute Gasteiger partial charge is 0.128 e. The fourth-order valence-corrected chi connectivity index (χ4v) is 3.22. The van der Waals surface area contributed by atoms with Crippen LogP contribution in [-0.2, 0) is 10.3 Å². The van der Waals surface area contributed by atoms with Gasteiger partial charge in [0.25, 0.3) is 0 Å². The molecule has 0 bridgehead atoms. The Morgan fingerprint density at radius 3 is 2.71 bits per heavy atom. The van der Waals surface area contributed by atoms with Gasteiger partial charge in [0, 0.05) is 24.8 Å². The zero-order valence-corrected chi connectivity index (χ0v) is 13.5. The fraction of sp³-hybridized carbons (Fsp3) is 0.562. The Hall–Kier alpha value is -1.26. The molecule has 1 aliphatic rings. The van der Waals surface area contributed by atoms with Crippen LogP contribution in [0.25, 0.3) is 11.0 Å². The van der Waals surface area contributed by atoms with Gasteiger partial charge in [0.2, 0.25) is 0 Å². The summed E-state index contributed by atoms with van der Waals surface area (Å²) in [5.41, 5.74) is 2.03. The number of ether oxygens (including phenoxy) is 2. The highest BCUT2D eigenvalue weighted by Crippen LogP contribution is 2.37. The number of halogens is 1. The second-order valence-corrected chi connectivity index (χ2v) is 6.54. The van der Waals surface area contributed by atoms with E-state index in [9.17, 15) is 0 Å². The van der Waals surface area contributed by atoms with Crippen molar-refractivity contribution in [3.05, 3.63) is 24.0 Å². The molecule has 1 aromatic carbocycles. The van der Waals surface area contributed by atoms with Crippen LogP contribution in [0.1, 0.15) is 37.9 Å². The molecule has 2 aromatic rings. The second kappa shape index (κ2) is 5.50. The van der Waals surface area contributed by atoms with Gasteiger partial charge in [-0.2, -0.15) is 0 Å². The highest BCUT2D eigenvalue weighted by Gasteiger charge is 2.34. The van der Waals surface area contributed by atoms with Crippen LogP contribution in [0.3, 0.4) is 0 Å². The van der Waals surface area contributed by atoms with Gasteiger partial charge < -0.3 is 14.0 Å². The van der Waals surface area contributed by atoms with Crippen LogP contribution in [0.5, 0.6) is 5.75 Å². The number of fused-ring (bicyclic) bond motifs is 1. The van der Waals surface area contributed by atoms with Crippen LogP contribution < -0.4 is 4.74 Å². The van der Waals surface area contributed by atoms with Crippen molar-refractivity contribution in [1.29, 1.82) is 0 Å². The summed E-state index contributed by atoms with van der Waals surface area (Å²) in [5.74, 6) is 1.76. The van der Waals surface area contributed by atoms with Gasteiger partial charge in [-0.15, -0.1) is 11.6 Å². The Kier molecular flexibility index (Phi) is 3.84. The Balaban J connectivity index is 2.23. The quantitative estimate of drug-likeness (QED) is 0.808. The van der Waals surface area contributed by atoms with Gasteiger partial charge in [-0.3, -0.25) is 0 Å². The number of nitrogens with zero attached hydrogens (tertiary/aromatic N) is 2. The van der Waals surface area contributed by atoms with Crippen LogP contribution in [0, 0.1) is 0 Å². The van der Waals surface area contributed by atoms with Crippen molar-refractivity contribution < 1.29 is 9.47 Å². The first-order chi connectivity index (χ1) is 10.0. The molecule has 1 aromatic heterocycles. The SMILES string of the molecule is COc1ccc2nc(C(C)Cl)n(C3(C)CCOCC3)c2c1. The summed E-state index contributed by atoms with van der Waals surface area (Å²) in [6.45, 7) is 5.78. The Labute approximate surface area is 130 Å². The number of aromatic nitrogens is 2. The number of rotatable bonds is 3. The molecule has 0 radical (unpaired) electrons. The van der Waals surface area contributed by atoms with Crippen LogP contribution in [0.2, 0.25) is 0 Å². The van der Waals surface area contributed by atoms with Gasteiger partial charge in [-0.25, -0.2) is 4.98 Å². The highest BCUT2D eigenvalue weighted by atomic mass is 35.5. The third-order valence-electron chi connectivity index (χ3n) is 4.35. The first kappa shape index (κ1) is 14.7. The average molecular weight is 309 g/mol. The molecule has 2 heterocycles. The molecule has 21 heavy (non-hydrogen) atoms. The number of hydrogen-bond donors (Lipinski definition) is 0. The topological polar surface area (TPSA) is 36.3 Å². The summed E-state index contributed by atoms with van der Waals surface area (Å²) in [7, 11) is 1.68. The molecule has 1 aliphatic heterocycles. The summed E-state index contributed by atoms with van der Waals surface area (Å²) >= 11 is 6.39. The summed E-state index contributed by atoms with van der Waals surface area (Å²) < 4.78 is 13.2. The lowest BCUT2D eigenvalue weighted by Gasteiger charge is -2.37. The van der Waals surface area contributed by atoms with Crippen LogP contribution in [0.4, 0.5) is 0 Å². The van der Waals surface area contributed by atoms with Crippen molar-refractivity contribution in [1.82, 2.24) is 9.55 Å². The maximum absolute atomic E-state index is 6.39. The molecule has 0 saturated carbocycles. The first-order valence-corrected chi connectivity index (χ1v) is 7.77. The minimum Gasteiger partial charge on any atom is -0.497 e. The zero-order valence-electron chi connectivity index (χ0n) is 12.7. The molecule has 1 unspecified atom stereocenters. The lowest BCUT2D eigenvalue weighted by molar-refractivity contribution is 0.0300. The molecule has 0 spiro atoms. The van der Waals surface area contributed by atoms with Crippen LogP contribution >= 0.6 is 11.6 Å². The van der Waals surface area contributed by atoms with Gasteiger partial charge in [0.05, 0.1) is 23.5 Å². The predicted molar refractivity (Wildman–Crippen MR) is 84.3 cm³/mol. The Morgan fingerprint density at radius 1 is 1.38 bits per heavy atom. The van der Waals surface area contributed by atoms with E-state index in [-0.39, 0.29) is 10.9 Å². The Bertz CT molecular complexity index is 645. The van der Waals surface area contributed by atoms with E-state index >= 15 is 0 Å². The number of alkyl halides is 1. The molecular weight excluding hydrogens is 288 g/mol. The highest BCUT2D eigenvalue weighted by molar-refractivity contribution is 6.20. The van der Waals surface area contributed by atoms with E-state index in [0.717, 1.165) is 48.7 Å². The summed E-state index contributed by atoms with van der Waals surface area (Å²) in [6.07, 6.45) is 1.93. The lowest BCUT2D eigenvalue weighted by Crippen LogP contribution is -2.37. The third kappa shape index (κ3) is 2.51. The largest absolute Gasteiger partial charge is 0.497 e. The lowest BCUT2D eigenvalue weighted by atomic mass is 9.91. The minimum atomic E-state index is -0.136. The average Bonchev–Trinajstić information content (AvgIpc) is 2.87. The molecule has 0 aliphatic carbocycles. The molecule has 5 heteroatoms. The number of imidazole rings is 1. The van der Waals surface area contributed by atoms with Crippen molar-refractivity contribution in [3.8, 4) is 5.75 Å². The second-order valence-electron chi connectivity index (χ2n) is 5.89. The van der Waals surface area contributed by atoms with E-state index in [1.807, 2.05) is 25.1 Å². The molecule has 4 nitrogen and oxygen atoms in total. The minimum absolute atomic E-state index is 0.0160. The molecule has 114 valence electrons. The summed E-state index contributed by atoms with van der Waals surface area (Å²) in [4.78, 5) is 4.74. The van der Waals surface area contributed by atoms with Crippen LogP contribution in [-0.4, -0.2) is 29.9 Å². The van der Waals surface area contributed by atoms with E-state index in [0.29, 0.717) is 0 Å². The van der Waals surface area contributed by atoms with Crippen molar-refractivity contribution in [2.45, 2.75) is 37.6 Å². The summed E-state index contributed by atoms with van der Waals surface area (Å²) in [6, 6.07) is 5.98. The molecule has 1 atom stereocenters. The van der Waals surface area contributed by atoms with Gasteiger partial charge >= 0.3 is 0 Å². The predicted octanol–water partition coefficient (Wildman–Crippen LogP) is 3.87. The number of hydrogen-bond acceptors (Lipinski definition) is 3. The number of benzene rings is 1. The monoisotopic (exact) mass is 308 g/mol. The molecule has 0 amide bonds. The standard InChI is InChI=1S/C16H21ClN2O2/c1-11(17)15-18-13-5-4-12(20-3)10-14(13)19(15)16(2)6-8-21-9-7-16/h4-5,10-11H,6-9H2,1-3H3. The fourth-order valence-electron chi connectivity index (χ4n) is 3.07. The molecule has 1 fully saturated rings. The van der Waals surface area contributed by atoms with Gasteiger partial charge in [0.1, 0.15) is 11.6 Å². The maximum Gasteiger partial charge on any atom is 0.128 e. The third-order valence-corrected chi connectivity index (χ3v) is 4.55. The van der Waals surface area contributed by atoms with Crippen molar-refractivity contribution in [2.75, 3.05) is 20.3 Å².